The lowest BCUT2D eigenvalue weighted by atomic mass is 9.90. The van der Waals surface area contributed by atoms with E-state index in [1.165, 1.54) is 20.1 Å². The lowest BCUT2D eigenvalue weighted by Gasteiger charge is -2.45. The number of rotatable bonds is 9. The summed E-state index contributed by atoms with van der Waals surface area (Å²) in [6.07, 6.45) is -2.38. The van der Waals surface area contributed by atoms with Crippen LogP contribution in [0.25, 0.3) is 0 Å². The van der Waals surface area contributed by atoms with E-state index in [2.05, 4.69) is 5.32 Å². The molecule has 2 rings (SSSR count). The van der Waals surface area contributed by atoms with Crippen molar-refractivity contribution in [3.8, 4) is 0 Å². The second-order valence-electron chi connectivity index (χ2n) is 7.99. The Bertz CT molecular complexity index is 837. The lowest BCUT2D eigenvalue weighted by molar-refractivity contribution is -0.189. The van der Waals surface area contributed by atoms with Crippen molar-refractivity contribution in [3.05, 3.63) is 11.8 Å². The monoisotopic (exact) mass is 500 g/mol. The zero-order valence-electron chi connectivity index (χ0n) is 20.4. The molecule has 0 aromatic rings. The summed E-state index contributed by atoms with van der Waals surface area (Å²) >= 11 is 0. The number of carbonyl (C=O) groups excluding carboxylic acids is 5. The molecule has 1 saturated heterocycles. The first-order chi connectivity index (χ1) is 16.5. The number of amides is 1. The summed E-state index contributed by atoms with van der Waals surface area (Å²) in [5.74, 6) is -3.53. The first-order valence-electron chi connectivity index (χ1n) is 11.1. The highest BCUT2D eigenvalue weighted by atomic mass is 16.6. The minimum absolute atomic E-state index is 0.179. The molecule has 0 aliphatic carbocycles. The van der Waals surface area contributed by atoms with E-state index >= 15 is 0 Å². The van der Waals surface area contributed by atoms with E-state index < -0.39 is 66.8 Å². The summed E-state index contributed by atoms with van der Waals surface area (Å²) in [4.78, 5) is 62.0. The highest BCUT2D eigenvalue weighted by molar-refractivity contribution is 5.86. The maximum atomic E-state index is 12.5. The van der Waals surface area contributed by atoms with Gasteiger partial charge >= 0.3 is 23.9 Å². The smallest absolute Gasteiger partial charge is 0.373 e. The summed E-state index contributed by atoms with van der Waals surface area (Å²) in [5, 5.41) is 2.80. The molecule has 1 amide bonds. The van der Waals surface area contributed by atoms with Crippen LogP contribution in [0.4, 0.5) is 0 Å². The summed E-state index contributed by atoms with van der Waals surface area (Å²) in [6.45, 7) is 6.09. The van der Waals surface area contributed by atoms with Gasteiger partial charge in [0.1, 0.15) is 6.61 Å². The fraction of sp³-hybridized carbons (Fsp3) is 0.682. The summed E-state index contributed by atoms with van der Waals surface area (Å²) in [5.41, 5.74) is 0. The van der Waals surface area contributed by atoms with Crippen molar-refractivity contribution >= 4 is 29.8 Å². The number of nitrogens with zero attached hydrogens (tertiary/aromatic N) is 1. The molecule has 0 unspecified atom stereocenters. The highest BCUT2D eigenvalue weighted by Crippen LogP contribution is 2.29. The maximum Gasteiger partial charge on any atom is 0.373 e. The predicted molar refractivity (Wildman–Crippen MR) is 116 cm³/mol. The van der Waals surface area contributed by atoms with Crippen molar-refractivity contribution in [2.75, 3.05) is 40.0 Å². The number of morpholine rings is 1. The topological polar surface area (TPSA) is 156 Å². The van der Waals surface area contributed by atoms with Crippen molar-refractivity contribution < 1.29 is 52.4 Å². The van der Waals surface area contributed by atoms with Crippen LogP contribution in [0.2, 0.25) is 0 Å². The van der Waals surface area contributed by atoms with Gasteiger partial charge in [-0.15, -0.1) is 0 Å². The molecule has 0 spiro atoms. The van der Waals surface area contributed by atoms with Crippen LogP contribution in [0.3, 0.4) is 0 Å². The summed E-state index contributed by atoms with van der Waals surface area (Å²) in [6, 6.07) is -1.46. The first-order valence-corrected chi connectivity index (χ1v) is 11.1. The van der Waals surface area contributed by atoms with Crippen LogP contribution in [0, 0.1) is 0 Å². The molecule has 0 aromatic heterocycles. The van der Waals surface area contributed by atoms with Gasteiger partial charge in [0.25, 0.3) is 0 Å². The largest absolute Gasteiger partial charge is 0.477 e. The Hall–Kier alpha value is -3.19. The quantitative estimate of drug-likeness (QED) is 0.307. The Kier molecular flexibility index (Phi) is 10.5. The third-order valence-electron chi connectivity index (χ3n) is 5.29. The average Bonchev–Trinajstić information content (AvgIpc) is 2.79. The maximum absolute atomic E-state index is 12.5. The van der Waals surface area contributed by atoms with Crippen LogP contribution < -0.4 is 5.32 Å². The first kappa shape index (κ1) is 28.1. The second kappa shape index (κ2) is 13.0. The van der Waals surface area contributed by atoms with E-state index in [0.717, 1.165) is 20.8 Å². The van der Waals surface area contributed by atoms with Crippen molar-refractivity contribution in [1.29, 1.82) is 0 Å². The molecule has 5 atom stereocenters. The molecule has 2 heterocycles. The van der Waals surface area contributed by atoms with Crippen molar-refractivity contribution in [2.24, 2.45) is 0 Å². The number of esters is 4. The van der Waals surface area contributed by atoms with Crippen LogP contribution in [0.15, 0.2) is 11.8 Å². The van der Waals surface area contributed by atoms with Gasteiger partial charge in [-0.3, -0.25) is 24.1 Å². The van der Waals surface area contributed by atoms with Crippen LogP contribution in [-0.2, 0) is 52.4 Å². The summed E-state index contributed by atoms with van der Waals surface area (Å²) < 4.78 is 32.0. The number of nitrogens with one attached hydrogen (secondary N) is 1. The number of hydrogen-bond acceptors (Lipinski definition) is 12. The van der Waals surface area contributed by atoms with E-state index in [4.69, 9.17) is 28.4 Å². The Morgan fingerprint density at radius 2 is 1.66 bits per heavy atom. The van der Waals surface area contributed by atoms with Gasteiger partial charge in [0.15, 0.2) is 18.3 Å². The Morgan fingerprint density at radius 1 is 1.03 bits per heavy atom. The molecule has 1 N–H and O–H groups in total. The van der Waals surface area contributed by atoms with Gasteiger partial charge in [-0.1, -0.05) is 0 Å². The Labute approximate surface area is 203 Å². The fourth-order valence-corrected chi connectivity index (χ4v) is 3.97. The molecular formula is C22H32N2O11. The number of carbonyl (C=O) groups is 5. The van der Waals surface area contributed by atoms with Gasteiger partial charge in [0.2, 0.25) is 11.7 Å². The molecule has 13 nitrogen and oxygen atoms in total. The van der Waals surface area contributed by atoms with E-state index in [9.17, 15) is 24.0 Å². The summed E-state index contributed by atoms with van der Waals surface area (Å²) in [7, 11) is 1.18. The molecule has 1 fully saturated rings. The fourth-order valence-electron chi connectivity index (χ4n) is 3.97. The van der Waals surface area contributed by atoms with E-state index in [0.29, 0.717) is 26.3 Å². The zero-order chi connectivity index (χ0) is 26.1. The molecule has 35 heavy (non-hydrogen) atoms. The molecule has 196 valence electrons. The van der Waals surface area contributed by atoms with Gasteiger partial charge in [-0.25, -0.2) is 4.79 Å². The van der Waals surface area contributed by atoms with Crippen molar-refractivity contribution in [2.45, 2.75) is 58.1 Å². The minimum atomic E-state index is -1.37. The number of methoxy groups -OCH3 is 1. The molecular weight excluding hydrogens is 468 g/mol. The molecule has 13 heteroatoms. The molecule has 0 aromatic carbocycles. The van der Waals surface area contributed by atoms with Gasteiger partial charge < -0.3 is 33.7 Å². The Morgan fingerprint density at radius 3 is 2.17 bits per heavy atom. The third-order valence-corrected chi connectivity index (χ3v) is 5.29. The standard InChI is InChI=1S/C22H32N2O11/c1-12(25)23-19-16(24-6-8-31-9-7-24)10-17(22(29)30-5)35-21(19)20(34-15(4)28)18(33-14(3)27)11-32-13(2)26/h10,16,18-21H,6-9,11H2,1-5H3,(H,23,25)/t16-,18-,19-,20+,21+/m1/s1. The average molecular weight is 501 g/mol. The van der Waals surface area contributed by atoms with E-state index in [-0.39, 0.29) is 5.76 Å². The molecule has 2 aliphatic heterocycles. The van der Waals surface area contributed by atoms with Crippen LogP contribution in [0.5, 0.6) is 0 Å². The van der Waals surface area contributed by atoms with Crippen LogP contribution >= 0.6 is 0 Å². The van der Waals surface area contributed by atoms with Crippen LogP contribution in [0.1, 0.15) is 27.7 Å². The molecule has 2 aliphatic rings. The van der Waals surface area contributed by atoms with Crippen LogP contribution in [-0.4, -0.2) is 105 Å². The normalized spacial score (nSPS) is 24.0. The van der Waals surface area contributed by atoms with E-state index in [1.54, 1.807) is 0 Å². The molecule has 0 bridgehead atoms. The number of ether oxygens (including phenoxy) is 6. The number of hydrogen-bond donors (Lipinski definition) is 1. The predicted octanol–water partition coefficient (Wildman–Crippen LogP) is -0.926. The molecule has 0 saturated carbocycles. The van der Waals surface area contributed by atoms with Gasteiger partial charge in [0.05, 0.1) is 32.4 Å². The minimum Gasteiger partial charge on any atom is -0.477 e. The third kappa shape index (κ3) is 8.21. The zero-order valence-corrected chi connectivity index (χ0v) is 20.4. The highest BCUT2D eigenvalue weighted by Gasteiger charge is 2.49. The van der Waals surface area contributed by atoms with Crippen molar-refractivity contribution in [3.63, 3.8) is 0 Å². The SMILES string of the molecule is COC(=O)C1=C[C@@H](N2CCOCC2)[C@@H](NC(C)=O)[C@@H]([C@@H](OC(C)=O)[C@@H](COC(C)=O)OC(C)=O)O1. The van der Waals surface area contributed by atoms with E-state index in [1.807, 2.05) is 4.90 Å². The van der Waals surface area contributed by atoms with Gasteiger partial charge in [-0.05, 0) is 6.08 Å². The lowest BCUT2D eigenvalue weighted by Crippen LogP contribution is -2.65. The van der Waals surface area contributed by atoms with Crippen molar-refractivity contribution in [1.82, 2.24) is 10.2 Å². The van der Waals surface area contributed by atoms with Gasteiger partial charge in [-0.2, -0.15) is 0 Å². The second-order valence-corrected chi connectivity index (χ2v) is 7.99. The Balaban J connectivity index is 2.58. The van der Waals surface area contributed by atoms with Gasteiger partial charge in [0, 0.05) is 40.8 Å². The molecule has 0 radical (unpaired) electrons.